The van der Waals surface area contributed by atoms with Crippen molar-refractivity contribution >= 4 is 61.3 Å². The number of para-hydroxylation sites is 1. The molecule has 0 bridgehead atoms. The van der Waals surface area contributed by atoms with E-state index in [0.29, 0.717) is 10.6 Å². The van der Waals surface area contributed by atoms with Crippen LogP contribution in [0.15, 0.2) is 68.1 Å². The Morgan fingerprint density at radius 1 is 1.04 bits per heavy atom. The second kappa shape index (κ2) is 8.29. The van der Waals surface area contributed by atoms with Crippen LogP contribution in [0, 0.1) is 20.2 Å². The third kappa shape index (κ3) is 4.32. The Kier molecular flexibility index (Phi) is 5.84. The first kappa shape index (κ1) is 19.0. The van der Waals surface area contributed by atoms with Crippen LogP contribution in [0.4, 0.5) is 17.1 Å². The van der Waals surface area contributed by atoms with E-state index in [9.17, 15) is 20.2 Å². The number of allylic oxidation sites excluding steroid dienone is 1. The topological polar surface area (TPSA) is 123 Å². The van der Waals surface area contributed by atoms with E-state index in [1.807, 2.05) is 0 Å². The summed E-state index contributed by atoms with van der Waals surface area (Å²) in [6, 6.07) is 11.5. The van der Waals surface area contributed by atoms with Crippen LogP contribution in [0.1, 0.15) is 5.56 Å². The molecule has 3 rings (SSSR count). The maximum atomic E-state index is 11.4. The van der Waals surface area contributed by atoms with Gasteiger partial charge in [-0.1, -0.05) is 23.7 Å². The molecule has 27 heavy (non-hydrogen) atoms. The van der Waals surface area contributed by atoms with Gasteiger partial charge in [-0.25, -0.2) is 0 Å². The number of rotatable bonds is 5. The number of halogens is 1. The summed E-state index contributed by atoms with van der Waals surface area (Å²) < 4.78 is 3.98. The monoisotopic (exact) mass is 421 g/mol. The highest BCUT2D eigenvalue weighted by atomic mass is 35.5. The predicted molar refractivity (Wildman–Crippen MR) is 106 cm³/mol. The average Bonchev–Trinajstić information content (AvgIpc) is 3.08. The lowest BCUT2D eigenvalue weighted by atomic mass is 10.1. The summed E-state index contributed by atoms with van der Waals surface area (Å²) in [5.41, 5.74) is 0.561. The van der Waals surface area contributed by atoms with Crippen molar-refractivity contribution in [3.8, 4) is 0 Å². The molecule has 0 N–H and O–H groups in total. The third-order valence-corrected chi connectivity index (χ3v) is 5.64. The Labute approximate surface area is 165 Å². The van der Waals surface area contributed by atoms with Crippen LogP contribution in [0.5, 0.6) is 0 Å². The summed E-state index contributed by atoms with van der Waals surface area (Å²) in [5, 5.41) is 30.5. The Balaban J connectivity index is 2.06. The first-order valence-corrected chi connectivity index (χ1v) is 9.67. The molecular weight excluding hydrogens is 414 g/mol. The smallest absolute Gasteiger partial charge is 0.258 e. The second-order valence-corrected chi connectivity index (χ2v) is 7.18. The normalized spacial score (nSPS) is 15.7. The third-order valence-electron chi connectivity index (χ3n) is 3.32. The van der Waals surface area contributed by atoms with Gasteiger partial charge in [-0.2, -0.15) is 9.51 Å². The predicted octanol–water partition coefficient (Wildman–Crippen LogP) is 5.90. The summed E-state index contributed by atoms with van der Waals surface area (Å²) in [6.45, 7) is 0. The molecule has 1 aliphatic heterocycles. The summed E-state index contributed by atoms with van der Waals surface area (Å²) >= 11 is 6.10. The minimum atomic E-state index is -0.524. The van der Waals surface area contributed by atoms with Gasteiger partial charge in [0.1, 0.15) is 5.70 Å². The van der Waals surface area contributed by atoms with Gasteiger partial charge in [0.15, 0.2) is 5.17 Å². The Bertz CT molecular complexity index is 1010. The molecule has 2 aromatic carbocycles. The van der Waals surface area contributed by atoms with Gasteiger partial charge in [-0.05, 0) is 29.0 Å². The van der Waals surface area contributed by atoms with Gasteiger partial charge >= 0.3 is 0 Å². The maximum absolute atomic E-state index is 11.4. The molecule has 136 valence electrons. The Hall–Kier alpha value is -2.76. The van der Waals surface area contributed by atoms with Crippen molar-refractivity contribution in [3.63, 3.8) is 0 Å². The summed E-state index contributed by atoms with van der Waals surface area (Å²) in [7, 11) is 2.33. The van der Waals surface area contributed by atoms with Gasteiger partial charge in [0, 0.05) is 18.2 Å². The highest BCUT2D eigenvalue weighted by molar-refractivity contribution is 8.78. The number of nitro groups is 2. The number of nitro benzene ring substituents is 2. The fourth-order valence-electron chi connectivity index (χ4n) is 2.11. The second-order valence-electron chi connectivity index (χ2n) is 4.97. The molecule has 12 heteroatoms. The van der Waals surface area contributed by atoms with Crippen LogP contribution >= 0.6 is 33.4 Å². The quantitative estimate of drug-likeness (QED) is 0.194. The molecule has 0 fully saturated rings. The molecule has 0 atom stereocenters. The average molecular weight is 422 g/mol. The van der Waals surface area contributed by atoms with Crippen LogP contribution in [0.3, 0.4) is 0 Å². The van der Waals surface area contributed by atoms with Gasteiger partial charge in [-0.3, -0.25) is 20.2 Å². The molecule has 9 nitrogen and oxygen atoms in total. The Morgan fingerprint density at radius 2 is 1.74 bits per heavy atom. The van der Waals surface area contributed by atoms with E-state index in [4.69, 9.17) is 11.6 Å². The standard InChI is InChI=1S/C15H8ClN5O4S2/c16-15-14(26-27-19-15)13(11-3-1-2-4-12(11)21(24)25)18-17-9-5-7-10(8-6-9)20(22)23/h1-8H/b14-13+,18-17?. The maximum Gasteiger partial charge on any atom is 0.278 e. The highest BCUT2D eigenvalue weighted by Gasteiger charge is 2.25. The van der Waals surface area contributed by atoms with Crippen molar-refractivity contribution in [2.24, 2.45) is 14.6 Å². The molecule has 0 radical (unpaired) electrons. The van der Waals surface area contributed by atoms with Crippen LogP contribution in [-0.4, -0.2) is 15.0 Å². The lowest BCUT2D eigenvalue weighted by Gasteiger charge is -2.05. The van der Waals surface area contributed by atoms with Gasteiger partial charge in [0.05, 0.1) is 37.0 Å². The molecule has 0 unspecified atom stereocenters. The first-order valence-electron chi connectivity index (χ1n) is 7.19. The van der Waals surface area contributed by atoms with E-state index in [2.05, 4.69) is 14.6 Å². The van der Waals surface area contributed by atoms with Gasteiger partial charge in [0.25, 0.3) is 11.4 Å². The molecule has 0 aliphatic carbocycles. The van der Waals surface area contributed by atoms with Crippen LogP contribution in [-0.2, 0) is 0 Å². The number of non-ortho nitro benzene ring substituents is 1. The summed E-state index contributed by atoms with van der Waals surface area (Å²) in [6.07, 6.45) is 0. The zero-order chi connectivity index (χ0) is 19.4. The molecule has 0 saturated heterocycles. The minimum Gasteiger partial charge on any atom is -0.258 e. The molecule has 0 saturated carbocycles. The number of benzene rings is 2. The van der Waals surface area contributed by atoms with Crippen LogP contribution < -0.4 is 0 Å². The van der Waals surface area contributed by atoms with Crippen LogP contribution in [0.2, 0.25) is 0 Å². The van der Waals surface area contributed by atoms with Gasteiger partial charge < -0.3 is 0 Å². The fourth-order valence-corrected chi connectivity index (χ4v) is 4.38. The van der Waals surface area contributed by atoms with Crippen molar-refractivity contribution in [1.29, 1.82) is 0 Å². The largest absolute Gasteiger partial charge is 0.278 e. The number of azo groups is 1. The number of nitrogens with zero attached hydrogens (tertiary/aromatic N) is 5. The molecule has 1 aliphatic rings. The number of hydrogen-bond acceptors (Lipinski definition) is 9. The fraction of sp³-hybridized carbons (Fsp3) is 0. The van der Waals surface area contributed by atoms with E-state index in [-0.39, 0.29) is 27.8 Å². The van der Waals surface area contributed by atoms with Crippen molar-refractivity contribution in [2.75, 3.05) is 0 Å². The van der Waals surface area contributed by atoms with Gasteiger partial charge in [-0.15, -0.1) is 5.11 Å². The van der Waals surface area contributed by atoms with E-state index >= 15 is 0 Å². The van der Waals surface area contributed by atoms with Crippen LogP contribution in [0.25, 0.3) is 5.70 Å². The molecular formula is C15H8ClN5O4S2. The minimum absolute atomic E-state index is 0.0795. The van der Waals surface area contributed by atoms with E-state index in [1.165, 1.54) is 41.1 Å². The molecule has 0 amide bonds. The summed E-state index contributed by atoms with van der Waals surface area (Å²) in [5.74, 6) is 0. The zero-order valence-corrected chi connectivity index (χ0v) is 15.6. The zero-order valence-electron chi connectivity index (χ0n) is 13.2. The number of hydrogen-bond donors (Lipinski definition) is 0. The van der Waals surface area contributed by atoms with Crippen molar-refractivity contribution in [3.05, 3.63) is 79.2 Å². The van der Waals surface area contributed by atoms with E-state index in [1.54, 1.807) is 18.2 Å². The SMILES string of the molecule is O=[N+]([O-])c1ccc(N=N/C(=C2/SSN=C2Cl)c2ccccc2[N+](=O)[O-])cc1. The summed E-state index contributed by atoms with van der Waals surface area (Å²) in [4.78, 5) is 21.5. The molecule has 2 aromatic rings. The molecule has 0 aromatic heterocycles. The molecule has 0 spiro atoms. The Morgan fingerprint density at radius 3 is 2.33 bits per heavy atom. The van der Waals surface area contributed by atoms with Crippen molar-refractivity contribution in [2.45, 2.75) is 0 Å². The van der Waals surface area contributed by atoms with Crippen molar-refractivity contribution in [1.82, 2.24) is 0 Å². The van der Waals surface area contributed by atoms with E-state index < -0.39 is 9.85 Å². The van der Waals surface area contributed by atoms with E-state index in [0.717, 1.165) is 11.0 Å². The first-order chi connectivity index (χ1) is 13.0. The van der Waals surface area contributed by atoms with Gasteiger partial charge in [0.2, 0.25) is 0 Å². The highest BCUT2D eigenvalue weighted by Crippen LogP contribution is 2.46. The lowest BCUT2D eigenvalue weighted by Crippen LogP contribution is -1.97. The lowest BCUT2D eigenvalue weighted by molar-refractivity contribution is -0.385. The molecule has 1 heterocycles. The van der Waals surface area contributed by atoms with Crippen molar-refractivity contribution < 1.29 is 9.85 Å².